The molecule has 2 aromatic rings. The van der Waals surface area contributed by atoms with Crippen LogP contribution in [0.2, 0.25) is 0 Å². The molecule has 1 atom stereocenters. The third kappa shape index (κ3) is 3.11. The fourth-order valence-corrected chi connectivity index (χ4v) is 6.24. The zero-order chi connectivity index (χ0) is 19.3. The van der Waals surface area contributed by atoms with Gasteiger partial charge in [0, 0.05) is 35.1 Å². The van der Waals surface area contributed by atoms with Crippen molar-refractivity contribution in [2.24, 2.45) is 5.92 Å². The van der Waals surface area contributed by atoms with Crippen molar-refractivity contribution in [3.05, 3.63) is 29.1 Å². The molecule has 0 unspecified atom stereocenters. The van der Waals surface area contributed by atoms with E-state index in [1.54, 1.807) is 11.3 Å². The van der Waals surface area contributed by atoms with Crippen molar-refractivity contribution >= 4 is 33.0 Å². The SMILES string of the molecule is CC1(C)[C@@H](NC(=O)c2cc3ccc(N4CCOCC4)cc3s2)C2CCN1CC2. The number of ether oxygens (including phenoxy) is 1. The van der Waals surface area contributed by atoms with Crippen molar-refractivity contribution in [3.8, 4) is 0 Å². The van der Waals surface area contributed by atoms with E-state index in [0.717, 1.165) is 49.7 Å². The number of piperidine rings is 3. The summed E-state index contributed by atoms with van der Waals surface area (Å²) in [6.45, 7) is 10.3. The van der Waals surface area contributed by atoms with Crippen molar-refractivity contribution in [1.82, 2.24) is 10.2 Å². The van der Waals surface area contributed by atoms with Gasteiger partial charge in [-0.25, -0.2) is 0 Å². The highest BCUT2D eigenvalue weighted by Gasteiger charge is 2.48. The van der Waals surface area contributed by atoms with Gasteiger partial charge in [-0.3, -0.25) is 9.69 Å². The van der Waals surface area contributed by atoms with Crippen LogP contribution in [0.3, 0.4) is 0 Å². The van der Waals surface area contributed by atoms with E-state index in [4.69, 9.17) is 4.74 Å². The van der Waals surface area contributed by atoms with Crippen LogP contribution in [0.25, 0.3) is 10.1 Å². The summed E-state index contributed by atoms with van der Waals surface area (Å²) < 4.78 is 6.64. The number of anilines is 1. The summed E-state index contributed by atoms with van der Waals surface area (Å²) in [4.78, 5) is 18.8. The first-order valence-corrected chi connectivity index (χ1v) is 11.3. The molecule has 1 aromatic carbocycles. The number of morpholine rings is 1. The second-order valence-corrected chi connectivity index (χ2v) is 9.95. The van der Waals surface area contributed by atoms with Crippen LogP contribution in [0.1, 0.15) is 36.4 Å². The lowest BCUT2D eigenvalue weighted by Gasteiger charge is -2.56. The van der Waals surface area contributed by atoms with Gasteiger partial charge in [0.05, 0.1) is 18.1 Å². The Kier molecular flexibility index (Phi) is 4.61. The Labute approximate surface area is 170 Å². The number of fused-ring (bicyclic) bond motifs is 4. The molecule has 4 saturated heterocycles. The van der Waals surface area contributed by atoms with Gasteiger partial charge in [-0.15, -0.1) is 11.3 Å². The molecule has 4 fully saturated rings. The van der Waals surface area contributed by atoms with Crippen molar-refractivity contribution in [3.63, 3.8) is 0 Å². The molecule has 28 heavy (non-hydrogen) atoms. The molecule has 6 heteroatoms. The Morgan fingerprint density at radius 2 is 1.89 bits per heavy atom. The molecule has 0 radical (unpaired) electrons. The number of nitrogens with one attached hydrogen (secondary N) is 1. The lowest BCUT2D eigenvalue weighted by atomic mass is 9.72. The third-order valence-electron chi connectivity index (χ3n) is 6.98. The minimum absolute atomic E-state index is 0.0387. The van der Waals surface area contributed by atoms with E-state index in [-0.39, 0.29) is 17.5 Å². The highest BCUT2D eigenvalue weighted by Crippen LogP contribution is 2.39. The Morgan fingerprint density at radius 1 is 1.14 bits per heavy atom. The molecule has 5 nitrogen and oxygen atoms in total. The third-order valence-corrected chi connectivity index (χ3v) is 8.07. The summed E-state index contributed by atoms with van der Waals surface area (Å²) in [7, 11) is 0. The number of benzene rings is 1. The summed E-state index contributed by atoms with van der Waals surface area (Å²) >= 11 is 1.61. The van der Waals surface area contributed by atoms with Crippen molar-refractivity contribution < 1.29 is 9.53 Å². The van der Waals surface area contributed by atoms with Crippen molar-refractivity contribution in [1.29, 1.82) is 0 Å². The van der Waals surface area contributed by atoms with Gasteiger partial charge in [-0.1, -0.05) is 6.07 Å². The monoisotopic (exact) mass is 399 g/mol. The largest absolute Gasteiger partial charge is 0.378 e. The van der Waals surface area contributed by atoms with E-state index in [9.17, 15) is 4.79 Å². The van der Waals surface area contributed by atoms with Crippen LogP contribution in [0.5, 0.6) is 0 Å². The zero-order valence-electron chi connectivity index (χ0n) is 16.7. The summed E-state index contributed by atoms with van der Waals surface area (Å²) in [5, 5.41) is 4.55. The molecule has 0 saturated carbocycles. The Balaban J connectivity index is 1.36. The summed E-state index contributed by atoms with van der Waals surface area (Å²) in [5.41, 5.74) is 1.26. The van der Waals surface area contributed by atoms with Gasteiger partial charge in [0.2, 0.25) is 0 Å². The molecule has 1 N–H and O–H groups in total. The fraction of sp³-hybridized carbons (Fsp3) is 0.591. The molecule has 4 aliphatic rings. The van der Waals surface area contributed by atoms with Crippen LogP contribution in [0, 0.1) is 5.92 Å². The highest BCUT2D eigenvalue weighted by atomic mass is 32.1. The van der Waals surface area contributed by atoms with E-state index >= 15 is 0 Å². The summed E-state index contributed by atoms with van der Waals surface area (Å²) in [6, 6.07) is 8.81. The standard InChI is InChI=1S/C22H29N3O2S/c1-22(2)20(15-5-7-25(22)8-6-15)23-21(26)19-13-16-3-4-17(14-18(16)28-19)24-9-11-27-12-10-24/h3-4,13-15,20H,5-12H2,1-2H3,(H,23,26)/t20-/m0/s1. The number of rotatable bonds is 3. The van der Waals surface area contributed by atoms with Gasteiger partial charge in [0.25, 0.3) is 5.91 Å². The lowest BCUT2D eigenvalue weighted by molar-refractivity contribution is -0.0377. The number of hydrogen-bond acceptors (Lipinski definition) is 5. The minimum Gasteiger partial charge on any atom is -0.378 e. The van der Waals surface area contributed by atoms with Crippen LogP contribution >= 0.6 is 11.3 Å². The van der Waals surface area contributed by atoms with Crippen molar-refractivity contribution in [2.75, 3.05) is 44.3 Å². The van der Waals surface area contributed by atoms with Gasteiger partial charge in [0.1, 0.15) is 0 Å². The molecule has 0 spiro atoms. The number of thiophene rings is 1. The fourth-order valence-electron chi connectivity index (χ4n) is 5.24. The van der Waals surface area contributed by atoms with Gasteiger partial charge >= 0.3 is 0 Å². The van der Waals surface area contributed by atoms with Gasteiger partial charge in [0.15, 0.2) is 0 Å². The van der Waals surface area contributed by atoms with E-state index in [2.05, 4.69) is 47.2 Å². The number of carbonyl (C=O) groups excluding carboxylic acids is 1. The first-order valence-electron chi connectivity index (χ1n) is 10.4. The number of hydrogen-bond donors (Lipinski definition) is 1. The van der Waals surface area contributed by atoms with Crippen LogP contribution in [0.4, 0.5) is 5.69 Å². The van der Waals surface area contributed by atoms with E-state index in [1.807, 2.05) is 6.07 Å². The van der Waals surface area contributed by atoms with E-state index in [1.165, 1.54) is 23.2 Å². The molecule has 6 rings (SSSR count). The molecule has 1 aromatic heterocycles. The average Bonchev–Trinajstić information content (AvgIpc) is 3.15. The summed E-state index contributed by atoms with van der Waals surface area (Å²) in [5.74, 6) is 0.687. The van der Waals surface area contributed by atoms with Crippen LogP contribution in [-0.2, 0) is 4.74 Å². The van der Waals surface area contributed by atoms with Crippen LogP contribution in [-0.4, -0.2) is 61.8 Å². The Hall–Kier alpha value is -1.63. The smallest absolute Gasteiger partial charge is 0.261 e. The Bertz CT molecular complexity index is 879. The summed E-state index contributed by atoms with van der Waals surface area (Å²) in [6.07, 6.45) is 2.40. The molecule has 0 aliphatic carbocycles. The number of carbonyl (C=O) groups is 1. The maximum Gasteiger partial charge on any atom is 0.261 e. The predicted molar refractivity (Wildman–Crippen MR) is 114 cm³/mol. The normalized spacial score (nSPS) is 29.2. The van der Waals surface area contributed by atoms with Gasteiger partial charge in [-0.05, 0) is 69.3 Å². The zero-order valence-corrected chi connectivity index (χ0v) is 17.6. The molecule has 1 amide bonds. The number of nitrogens with zero attached hydrogens (tertiary/aromatic N) is 2. The Morgan fingerprint density at radius 3 is 2.61 bits per heavy atom. The molecular formula is C22H29N3O2S. The first kappa shape index (κ1) is 18.4. The van der Waals surface area contributed by atoms with Crippen LogP contribution < -0.4 is 10.2 Å². The highest BCUT2D eigenvalue weighted by molar-refractivity contribution is 7.20. The van der Waals surface area contributed by atoms with Crippen LogP contribution in [0.15, 0.2) is 24.3 Å². The molecule has 150 valence electrons. The second kappa shape index (κ2) is 7.01. The second-order valence-electron chi connectivity index (χ2n) is 8.86. The van der Waals surface area contributed by atoms with E-state index < -0.39 is 0 Å². The maximum atomic E-state index is 13.1. The van der Waals surface area contributed by atoms with Gasteiger partial charge in [-0.2, -0.15) is 0 Å². The van der Waals surface area contributed by atoms with Gasteiger partial charge < -0.3 is 15.0 Å². The molecule has 5 heterocycles. The quantitative estimate of drug-likeness (QED) is 0.860. The molecule has 4 aliphatic heterocycles. The van der Waals surface area contributed by atoms with Crippen molar-refractivity contribution in [2.45, 2.75) is 38.3 Å². The first-order chi connectivity index (χ1) is 13.5. The average molecular weight is 400 g/mol. The maximum absolute atomic E-state index is 13.1. The predicted octanol–water partition coefficient (Wildman–Crippen LogP) is 3.34. The minimum atomic E-state index is 0.0387. The molecular weight excluding hydrogens is 370 g/mol. The molecule has 2 bridgehead atoms. The topological polar surface area (TPSA) is 44.8 Å². The van der Waals surface area contributed by atoms with E-state index in [0.29, 0.717) is 5.92 Å². The lowest BCUT2D eigenvalue weighted by Crippen LogP contribution is -2.69. The number of amides is 1.